The number of sulfonamides is 1. The van der Waals surface area contributed by atoms with Crippen molar-refractivity contribution >= 4 is 33.2 Å². The summed E-state index contributed by atoms with van der Waals surface area (Å²) in [6.45, 7) is 1.90. The van der Waals surface area contributed by atoms with Gasteiger partial charge in [0, 0.05) is 5.02 Å². The van der Waals surface area contributed by atoms with Crippen LogP contribution >= 0.6 is 23.2 Å². The standard InChI is InChI=1S/C14H19Cl2NO3S/c1-10-4-6-14(9-18,7-5-10)17-21(19,20)13-8-11(15)2-3-12(13)16/h2-3,8,10,17-18H,4-7,9H2,1H3. The molecule has 0 radical (unpaired) electrons. The lowest BCUT2D eigenvalue weighted by atomic mass is 9.78. The first-order chi connectivity index (χ1) is 9.78. The van der Waals surface area contributed by atoms with E-state index >= 15 is 0 Å². The van der Waals surface area contributed by atoms with E-state index in [-0.39, 0.29) is 16.5 Å². The average molecular weight is 352 g/mol. The summed E-state index contributed by atoms with van der Waals surface area (Å²) < 4.78 is 27.7. The molecule has 0 bridgehead atoms. The molecular weight excluding hydrogens is 333 g/mol. The van der Waals surface area contributed by atoms with Gasteiger partial charge in [-0.15, -0.1) is 0 Å². The molecule has 1 aromatic rings. The number of nitrogens with one attached hydrogen (secondary N) is 1. The summed E-state index contributed by atoms with van der Waals surface area (Å²) in [5, 5.41) is 10.1. The van der Waals surface area contributed by atoms with E-state index < -0.39 is 15.6 Å². The van der Waals surface area contributed by atoms with Crippen LogP contribution < -0.4 is 4.72 Å². The van der Waals surface area contributed by atoms with E-state index in [1.807, 2.05) is 0 Å². The molecular formula is C14H19Cl2NO3S. The molecule has 0 unspecified atom stereocenters. The minimum absolute atomic E-state index is 0.0527. The Morgan fingerprint density at radius 1 is 1.33 bits per heavy atom. The van der Waals surface area contributed by atoms with Gasteiger partial charge >= 0.3 is 0 Å². The Balaban J connectivity index is 2.29. The molecule has 118 valence electrons. The largest absolute Gasteiger partial charge is 0.394 e. The van der Waals surface area contributed by atoms with E-state index in [9.17, 15) is 13.5 Å². The van der Waals surface area contributed by atoms with Crippen LogP contribution in [0.4, 0.5) is 0 Å². The molecule has 0 aromatic heterocycles. The zero-order valence-electron chi connectivity index (χ0n) is 11.8. The van der Waals surface area contributed by atoms with Crippen LogP contribution in [0.25, 0.3) is 0 Å². The van der Waals surface area contributed by atoms with Gasteiger partial charge in [-0.05, 0) is 49.8 Å². The molecule has 1 aliphatic carbocycles. The van der Waals surface area contributed by atoms with Crippen molar-refractivity contribution in [1.82, 2.24) is 4.72 Å². The second kappa shape index (κ2) is 6.42. The van der Waals surface area contributed by atoms with Gasteiger partial charge in [-0.1, -0.05) is 30.1 Å². The number of benzene rings is 1. The van der Waals surface area contributed by atoms with Crippen LogP contribution in [0.15, 0.2) is 23.1 Å². The molecule has 1 aromatic carbocycles. The van der Waals surface area contributed by atoms with Crippen molar-refractivity contribution in [3.63, 3.8) is 0 Å². The van der Waals surface area contributed by atoms with Crippen LogP contribution in [0.1, 0.15) is 32.6 Å². The molecule has 7 heteroatoms. The molecule has 0 amide bonds. The third-order valence-electron chi connectivity index (χ3n) is 4.07. The summed E-state index contributed by atoms with van der Waals surface area (Å²) in [5.74, 6) is 0.545. The number of aliphatic hydroxyl groups is 1. The maximum Gasteiger partial charge on any atom is 0.242 e. The van der Waals surface area contributed by atoms with E-state index in [1.54, 1.807) is 0 Å². The monoisotopic (exact) mass is 351 g/mol. The molecule has 0 heterocycles. The van der Waals surface area contributed by atoms with Gasteiger partial charge in [0.2, 0.25) is 10.0 Å². The van der Waals surface area contributed by atoms with E-state index in [2.05, 4.69) is 11.6 Å². The Kier molecular flexibility index (Phi) is 5.21. The first-order valence-corrected chi connectivity index (χ1v) is 9.12. The molecule has 2 rings (SSSR count). The van der Waals surface area contributed by atoms with Crippen LogP contribution in [-0.4, -0.2) is 25.7 Å². The zero-order valence-corrected chi connectivity index (χ0v) is 14.1. The number of aliphatic hydroxyl groups excluding tert-OH is 1. The van der Waals surface area contributed by atoms with E-state index in [0.717, 1.165) is 12.8 Å². The lowest BCUT2D eigenvalue weighted by Crippen LogP contribution is -2.53. The van der Waals surface area contributed by atoms with Crippen molar-refractivity contribution in [2.75, 3.05) is 6.61 Å². The highest BCUT2D eigenvalue weighted by Crippen LogP contribution is 2.34. The van der Waals surface area contributed by atoms with E-state index in [1.165, 1.54) is 18.2 Å². The topological polar surface area (TPSA) is 66.4 Å². The molecule has 1 saturated carbocycles. The van der Waals surface area contributed by atoms with Crippen molar-refractivity contribution in [3.8, 4) is 0 Å². The molecule has 1 fully saturated rings. The Hall–Kier alpha value is -0.330. The number of hydrogen-bond acceptors (Lipinski definition) is 3. The smallest absolute Gasteiger partial charge is 0.242 e. The van der Waals surface area contributed by atoms with Crippen molar-refractivity contribution in [3.05, 3.63) is 28.2 Å². The van der Waals surface area contributed by atoms with Gasteiger partial charge in [0.15, 0.2) is 0 Å². The molecule has 0 spiro atoms. The highest BCUT2D eigenvalue weighted by atomic mass is 35.5. The Labute approximate surface area is 135 Å². The first-order valence-electron chi connectivity index (χ1n) is 6.88. The van der Waals surface area contributed by atoms with Gasteiger partial charge < -0.3 is 5.11 Å². The van der Waals surface area contributed by atoms with Crippen molar-refractivity contribution in [2.45, 2.75) is 43.0 Å². The minimum Gasteiger partial charge on any atom is -0.394 e. The van der Waals surface area contributed by atoms with Gasteiger partial charge in [-0.2, -0.15) is 0 Å². The predicted molar refractivity (Wildman–Crippen MR) is 84.2 cm³/mol. The van der Waals surface area contributed by atoms with Crippen LogP contribution in [0.3, 0.4) is 0 Å². The Morgan fingerprint density at radius 3 is 2.52 bits per heavy atom. The molecule has 2 N–H and O–H groups in total. The summed E-state index contributed by atoms with van der Waals surface area (Å²) in [7, 11) is -3.83. The van der Waals surface area contributed by atoms with E-state index in [4.69, 9.17) is 23.2 Å². The van der Waals surface area contributed by atoms with Gasteiger partial charge in [-0.25, -0.2) is 13.1 Å². The number of rotatable bonds is 4. The average Bonchev–Trinajstić information content (AvgIpc) is 2.44. The van der Waals surface area contributed by atoms with Crippen LogP contribution in [0.2, 0.25) is 10.0 Å². The molecule has 21 heavy (non-hydrogen) atoms. The number of hydrogen-bond donors (Lipinski definition) is 2. The second-order valence-corrected chi connectivity index (χ2v) is 8.30. The fraction of sp³-hybridized carbons (Fsp3) is 0.571. The quantitative estimate of drug-likeness (QED) is 0.874. The summed E-state index contributed by atoms with van der Waals surface area (Å²) in [4.78, 5) is -0.0527. The Morgan fingerprint density at radius 2 is 1.95 bits per heavy atom. The maximum absolute atomic E-state index is 12.6. The molecule has 0 saturated heterocycles. The maximum atomic E-state index is 12.6. The van der Waals surface area contributed by atoms with Crippen LogP contribution in [-0.2, 0) is 10.0 Å². The normalized spacial score (nSPS) is 26.8. The van der Waals surface area contributed by atoms with E-state index in [0.29, 0.717) is 23.8 Å². The van der Waals surface area contributed by atoms with Crippen molar-refractivity contribution in [2.24, 2.45) is 5.92 Å². The summed E-state index contributed by atoms with van der Waals surface area (Å²) >= 11 is 11.8. The van der Waals surface area contributed by atoms with Gasteiger partial charge in [0.05, 0.1) is 17.2 Å². The first kappa shape index (κ1) is 17.0. The summed E-state index contributed by atoms with van der Waals surface area (Å²) in [5.41, 5.74) is -0.809. The minimum atomic E-state index is -3.83. The summed E-state index contributed by atoms with van der Waals surface area (Å²) in [6.07, 6.45) is 2.99. The van der Waals surface area contributed by atoms with Gasteiger partial charge in [-0.3, -0.25) is 0 Å². The van der Waals surface area contributed by atoms with Gasteiger partial charge in [0.25, 0.3) is 0 Å². The third-order valence-corrected chi connectivity index (χ3v) is 6.36. The summed E-state index contributed by atoms with van der Waals surface area (Å²) in [6, 6.07) is 4.31. The molecule has 0 atom stereocenters. The highest BCUT2D eigenvalue weighted by Gasteiger charge is 2.38. The van der Waals surface area contributed by atoms with Crippen molar-refractivity contribution in [1.29, 1.82) is 0 Å². The Bertz CT molecular complexity index is 611. The lowest BCUT2D eigenvalue weighted by Gasteiger charge is -2.38. The molecule has 4 nitrogen and oxygen atoms in total. The fourth-order valence-corrected chi connectivity index (χ4v) is 4.84. The van der Waals surface area contributed by atoms with Crippen molar-refractivity contribution < 1.29 is 13.5 Å². The fourth-order valence-electron chi connectivity index (χ4n) is 2.63. The predicted octanol–water partition coefficient (Wildman–Crippen LogP) is 3.21. The highest BCUT2D eigenvalue weighted by molar-refractivity contribution is 7.89. The SMILES string of the molecule is CC1CCC(CO)(NS(=O)(=O)c2cc(Cl)ccc2Cl)CC1. The zero-order chi connectivity index (χ0) is 15.7. The van der Waals surface area contributed by atoms with Crippen LogP contribution in [0.5, 0.6) is 0 Å². The molecule has 0 aliphatic heterocycles. The van der Waals surface area contributed by atoms with Crippen LogP contribution in [0, 0.1) is 5.92 Å². The lowest BCUT2D eigenvalue weighted by molar-refractivity contribution is 0.125. The number of halogens is 2. The second-order valence-electron chi connectivity index (χ2n) is 5.80. The molecule has 1 aliphatic rings. The van der Waals surface area contributed by atoms with Gasteiger partial charge in [0.1, 0.15) is 4.90 Å². The third kappa shape index (κ3) is 3.90.